The number of aliphatic hydroxyl groups is 1. The minimum absolute atomic E-state index is 0. The van der Waals surface area contributed by atoms with E-state index in [0.717, 1.165) is 0 Å². The van der Waals surface area contributed by atoms with Crippen molar-refractivity contribution in [2.45, 2.75) is 85.2 Å². The van der Waals surface area contributed by atoms with E-state index in [0.29, 0.717) is 0 Å². The van der Waals surface area contributed by atoms with Gasteiger partial charge in [0.2, 0.25) is 0 Å². The summed E-state index contributed by atoms with van der Waals surface area (Å²) < 4.78 is 10.9. The molecule has 0 fully saturated rings. The maximum absolute atomic E-state index is 8.50. The number of methoxy groups -OCH3 is 1. The Morgan fingerprint density at radius 3 is 1.44 bits per heavy atom. The van der Waals surface area contributed by atoms with Crippen LogP contribution in [0.25, 0.3) is 0 Å². The molecule has 0 unspecified atom stereocenters. The molecule has 0 radical (unpaired) electrons. The summed E-state index contributed by atoms with van der Waals surface area (Å²) in [4.78, 5) is 0. The highest BCUT2D eigenvalue weighted by Crippen LogP contribution is 2.16. The zero-order valence-electron chi connectivity index (χ0n) is 18.9. The molecule has 1 atom stereocenters. The van der Waals surface area contributed by atoms with Crippen molar-refractivity contribution in [2.75, 3.05) is 46.7 Å². The Kier molecular flexibility index (Phi) is 27.2. The standard InChI is InChI=1S/C16H36N.C6H12O3.FH/c1-5-9-13-17(14-10-6-2,15-11-7-3)16-12-8-4;1-3-6(4-7)9-5-8-2;/h5-16H2,1-4H3;3,6-7H,1,4-5H2,2H3;1H/q+1;;/p-1/t;6-;/m.1./s1. The highest BCUT2D eigenvalue weighted by Gasteiger charge is 2.24. The van der Waals surface area contributed by atoms with Crippen LogP contribution in [-0.2, 0) is 9.47 Å². The predicted octanol–water partition coefficient (Wildman–Crippen LogP) is 2.16. The molecule has 0 heterocycles. The van der Waals surface area contributed by atoms with Crippen LogP contribution in [0.3, 0.4) is 0 Å². The molecule has 0 aliphatic rings. The normalized spacial score (nSPS) is 11.9. The fraction of sp³-hybridized carbons (Fsp3) is 0.909. The van der Waals surface area contributed by atoms with Crippen molar-refractivity contribution >= 4 is 0 Å². The van der Waals surface area contributed by atoms with Gasteiger partial charge < -0.3 is 23.8 Å². The average molecular weight is 394 g/mol. The van der Waals surface area contributed by atoms with Gasteiger partial charge in [-0.25, -0.2) is 0 Å². The van der Waals surface area contributed by atoms with Crippen LogP contribution in [0.4, 0.5) is 0 Å². The molecule has 0 saturated carbocycles. The van der Waals surface area contributed by atoms with Gasteiger partial charge in [0.05, 0.1) is 32.8 Å². The lowest BCUT2D eigenvalue weighted by molar-refractivity contribution is -0.929. The van der Waals surface area contributed by atoms with Gasteiger partial charge >= 0.3 is 0 Å². The highest BCUT2D eigenvalue weighted by atomic mass is 19.0. The van der Waals surface area contributed by atoms with Gasteiger partial charge in [0, 0.05) is 7.11 Å². The molecule has 27 heavy (non-hydrogen) atoms. The summed E-state index contributed by atoms with van der Waals surface area (Å²) in [7, 11) is 1.53. The predicted molar refractivity (Wildman–Crippen MR) is 113 cm³/mol. The molecule has 5 heteroatoms. The topological polar surface area (TPSA) is 38.7 Å². The Morgan fingerprint density at radius 1 is 0.852 bits per heavy atom. The van der Waals surface area contributed by atoms with Crippen molar-refractivity contribution in [2.24, 2.45) is 0 Å². The van der Waals surface area contributed by atoms with Gasteiger partial charge in [-0.1, -0.05) is 59.5 Å². The fourth-order valence-corrected chi connectivity index (χ4v) is 3.00. The Labute approximate surface area is 168 Å². The van der Waals surface area contributed by atoms with Crippen molar-refractivity contribution in [1.29, 1.82) is 0 Å². The molecule has 0 aliphatic carbocycles. The van der Waals surface area contributed by atoms with Crippen molar-refractivity contribution in [3.8, 4) is 0 Å². The first kappa shape index (κ1) is 31.2. The lowest BCUT2D eigenvalue weighted by atomic mass is 10.1. The molecular formula is C22H48FNO3. The summed E-state index contributed by atoms with van der Waals surface area (Å²) in [5.41, 5.74) is 0. The average Bonchev–Trinajstić information content (AvgIpc) is 2.68. The van der Waals surface area contributed by atoms with Gasteiger partial charge in [-0.2, -0.15) is 0 Å². The number of hydrogen-bond acceptors (Lipinski definition) is 3. The number of aliphatic hydroxyl groups excluding tert-OH is 1. The van der Waals surface area contributed by atoms with Crippen LogP contribution in [-0.4, -0.2) is 62.4 Å². The molecule has 166 valence electrons. The molecule has 0 rings (SSSR count). The third-order valence-electron chi connectivity index (χ3n) is 4.79. The first-order valence-corrected chi connectivity index (χ1v) is 10.8. The van der Waals surface area contributed by atoms with Gasteiger partial charge in [-0.3, -0.25) is 0 Å². The molecule has 0 aliphatic heterocycles. The maximum Gasteiger partial charge on any atom is 0.147 e. The van der Waals surface area contributed by atoms with Crippen LogP contribution in [0.15, 0.2) is 12.7 Å². The van der Waals surface area contributed by atoms with E-state index in [1.807, 2.05) is 0 Å². The van der Waals surface area contributed by atoms with E-state index in [9.17, 15) is 0 Å². The van der Waals surface area contributed by atoms with Crippen LogP contribution in [0.1, 0.15) is 79.1 Å². The second-order valence-electron chi connectivity index (χ2n) is 7.18. The molecule has 0 aromatic carbocycles. The number of ether oxygens (including phenoxy) is 2. The van der Waals surface area contributed by atoms with E-state index < -0.39 is 0 Å². The summed E-state index contributed by atoms with van der Waals surface area (Å²) in [6.07, 6.45) is 12.3. The third kappa shape index (κ3) is 18.6. The van der Waals surface area contributed by atoms with Crippen molar-refractivity contribution in [3.63, 3.8) is 0 Å². The summed E-state index contributed by atoms with van der Waals surface area (Å²) in [6, 6.07) is 0. The zero-order chi connectivity index (χ0) is 20.1. The summed E-state index contributed by atoms with van der Waals surface area (Å²) in [6.45, 7) is 18.6. The number of quaternary nitrogens is 1. The molecule has 0 aromatic rings. The van der Waals surface area contributed by atoms with Crippen LogP contribution in [0.2, 0.25) is 0 Å². The lowest BCUT2D eigenvalue weighted by Gasteiger charge is -2.39. The van der Waals surface area contributed by atoms with Gasteiger partial charge in [0.1, 0.15) is 12.9 Å². The van der Waals surface area contributed by atoms with Crippen molar-refractivity contribution < 1.29 is 23.8 Å². The van der Waals surface area contributed by atoms with Gasteiger partial charge in [0.25, 0.3) is 0 Å². The Hall–Kier alpha value is -0.490. The van der Waals surface area contributed by atoms with E-state index in [-0.39, 0.29) is 24.2 Å². The largest absolute Gasteiger partial charge is 1.00 e. The first-order valence-electron chi connectivity index (χ1n) is 10.8. The van der Waals surface area contributed by atoms with Crippen LogP contribution in [0.5, 0.6) is 0 Å². The van der Waals surface area contributed by atoms with Crippen LogP contribution in [0, 0.1) is 0 Å². The number of nitrogens with zero attached hydrogens (tertiary/aromatic N) is 1. The van der Waals surface area contributed by atoms with Crippen LogP contribution >= 0.6 is 0 Å². The minimum atomic E-state index is -0.301. The Balaban J connectivity index is -0.000000491. The molecular weight excluding hydrogens is 345 g/mol. The summed E-state index contributed by atoms with van der Waals surface area (Å²) >= 11 is 0. The molecule has 0 saturated heterocycles. The number of rotatable bonds is 17. The quantitative estimate of drug-likeness (QED) is 0.234. The van der Waals surface area contributed by atoms with E-state index in [2.05, 4.69) is 39.0 Å². The second kappa shape index (κ2) is 23.5. The molecule has 1 N–H and O–H groups in total. The highest BCUT2D eigenvalue weighted by molar-refractivity contribution is 4.78. The Bertz CT molecular complexity index is 253. The van der Waals surface area contributed by atoms with E-state index in [4.69, 9.17) is 9.84 Å². The van der Waals surface area contributed by atoms with E-state index >= 15 is 0 Å². The Morgan fingerprint density at radius 2 is 1.22 bits per heavy atom. The maximum atomic E-state index is 8.50. The molecule has 0 aromatic heterocycles. The SMILES string of the molecule is C=C[C@H](CO)OCOC.CCCC[N+](CCCC)(CCCC)CCCC.[F-]. The monoisotopic (exact) mass is 393 g/mol. The second-order valence-corrected chi connectivity index (χ2v) is 7.18. The van der Waals surface area contributed by atoms with Crippen molar-refractivity contribution in [3.05, 3.63) is 12.7 Å². The lowest BCUT2D eigenvalue weighted by Crippen LogP contribution is -3.00. The van der Waals surface area contributed by atoms with E-state index in [1.165, 1.54) is 95.2 Å². The first-order chi connectivity index (χ1) is 12.6. The number of hydrogen-bond donors (Lipinski definition) is 1. The van der Waals surface area contributed by atoms with Crippen LogP contribution < -0.4 is 4.70 Å². The zero-order valence-corrected chi connectivity index (χ0v) is 18.9. The van der Waals surface area contributed by atoms with E-state index in [1.54, 1.807) is 0 Å². The minimum Gasteiger partial charge on any atom is -1.00 e. The summed E-state index contributed by atoms with van der Waals surface area (Å²) in [5.74, 6) is 0. The van der Waals surface area contributed by atoms with Gasteiger partial charge in [-0.15, -0.1) is 6.58 Å². The molecule has 0 spiro atoms. The van der Waals surface area contributed by atoms with Crippen molar-refractivity contribution in [1.82, 2.24) is 0 Å². The smallest absolute Gasteiger partial charge is 0.147 e. The van der Waals surface area contributed by atoms with Gasteiger partial charge in [0.15, 0.2) is 0 Å². The fourth-order valence-electron chi connectivity index (χ4n) is 3.00. The third-order valence-corrected chi connectivity index (χ3v) is 4.79. The molecule has 0 amide bonds. The number of halogens is 1. The molecule has 0 bridgehead atoms. The molecule has 4 nitrogen and oxygen atoms in total. The number of unbranched alkanes of at least 4 members (excludes halogenated alkanes) is 4. The summed E-state index contributed by atoms with van der Waals surface area (Å²) in [5, 5.41) is 8.50. The van der Waals surface area contributed by atoms with Gasteiger partial charge in [-0.05, 0) is 25.7 Å².